The second kappa shape index (κ2) is 9.99. The fourth-order valence-corrected chi connectivity index (χ4v) is 8.89. The van der Waals surface area contributed by atoms with Crippen molar-refractivity contribution >= 4 is 21.2 Å². The Morgan fingerprint density at radius 2 is 1.22 bits per heavy atom. The summed E-state index contributed by atoms with van der Waals surface area (Å²) in [6.45, 7) is 1.98. The first-order valence-corrected chi connectivity index (χ1v) is 15.6. The van der Waals surface area contributed by atoms with Crippen LogP contribution in [-0.2, 0) is 15.6 Å². The highest BCUT2D eigenvalue weighted by Gasteiger charge is 2.60. The third-order valence-corrected chi connectivity index (χ3v) is 10.6. The monoisotopic (exact) mass is 553 g/mol. The fraction of sp³-hybridized carbons (Fsp3) is 0.135. The van der Waals surface area contributed by atoms with Crippen molar-refractivity contribution in [3.05, 3.63) is 173 Å². The average molecular weight is 554 g/mol. The van der Waals surface area contributed by atoms with Crippen molar-refractivity contribution in [1.29, 1.82) is 0 Å². The molecule has 0 bridgehead atoms. The van der Waals surface area contributed by atoms with E-state index in [4.69, 9.17) is 0 Å². The first-order chi connectivity index (χ1) is 20.0. The maximum atomic E-state index is 15.0. The zero-order valence-corrected chi connectivity index (χ0v) is 23.8. The van der Waals surface area contributed by atoms with Crippen molar-refractivity contribution in [2.24, 2.45) is 0 Å². The van der Waals surface area contributed by atoms with E-state index in [2.05, 4.69) is 66.7 Å². The van der Waals surface area contributed by atoms with Crippen LogP contribution in [0.15, 0.2) is 144 Å². The molecule has 2 aliphatic rings. The number of benzene rings is 5. The lowest BCUT2D eigenvalue weighted by atomic mass is 9.81. The first-order valence-electron chi connectivity index (χ1n) is 14.1. The van der Waals surface area contributed by atoms with Crippen LogP contribution >= 0.6 is 0 Å². The minimum Gasteiger partial charge on any atom is -0.207 e. The zero-order chi connectivity index (χ0) is 28.0. The molecule has 5 aromatic rings. The van der Waals surface area contributed by atoms with Gasteiger partial charge in [-0.1, -0.05) is 133 Å². The highest BCUT2D eigenvalue weighted by molar-refractivity contribution is 7.89. The van der Waals surface area contributed by atoms with Crippen LogP contribution in [0.4, 0.5) is 0 Å². The van der Waals surface area contributed by atoms with Gasteiger partial charge < -0.3 is 0 Å². The lowest BCUT2D eigenvalue weighted by molar-refractivity contribution is 0.272. The summed E-state index contributed by atoms with van der Waals surface area (Å²) >= 11 is 0. The van der Waals surface area contributed by atoms with E-state index in [0.29, 0.717) is 17.7 Å². The molecule has 5 aromatic carbocycles. The van der Waals surface area contributed by atoms with E-state index < -0.39 is 15.6 Å². The van der Waals surface area contributed by atoms with Crippen molar-refractivity contribution in [2.45, 2.75) is 36.2 Å². The van der Waals surface area contributed by atoms with Crippen molar-refractivity contribution < 1.29 is 8.42 Å². The van der Waals surface area contributed by atoms with E-state index in [1.165, 1.54) is 0 Å². The van der Waals surface area contributed by atoms with E-state index in [1.54, 1.807) is 12.1 Å². The van der Waals surface area contributed by atoms with Gasteiger partial charge in [-0.25, -0.2) is 8.42 Å². The maximum absolute atomic E-state index is 15.0. The van der Waals surface area contributed by atoms with Crippen molar-refractivity contribution in [1.82, 2.24) is 4.31 Å². The van der Waals surface area contributed by atoms with Crippen molar-refractivity contribution in [2.75, 3.05) is 0 Å². The van der Waals surface area contributed by atoms with E-state index in [9.17, 15) is 0 Å². The second-order valence-corrected chi connectivity index (χ2v) is 12.8. The van der Waals surface area contributed by atoms with Gasteiger partial charge in [0, 0.05) is 0 Å². The summed E-state index contributed by atoms with van der Waals surface area (Å²) in [6.07, 6.45) is 1.39. The van der Waals surface area contributed by atoms with Gasteiger partial charge in [0.15, 0.2) is 0 Å². The number of fused-ring (bicyclic) bond motifs is 2. The van der Waals surface area contributed by atoms with Crippen LogP contribution in [-0.4, -0.2) is 12.7 Å². The smallest absolute Gasteiger partial charge is 0.207 e. The molecule has 1 aliphatic carbocycles. The highest BCUT2D eigenvalue weighted by Crippen LogP contribution is 2.64. The molecule has 0 radical (unpaired) electrons. The van der Waals surface area contributed by atoms with Crippen LogP contribution in [0.2, 0.25) is 0 Å². The molecule has 41 heavy (non-hydrogen) atoms. The number of rotatable bonds is 5. The molecular weight excluding hydrogens is 522 g/mol. The summed E-state index contributed by atoms with van der Waals surface area (Å²) in [4.78, 5) is 0.323. The molecule has 1 fully saturated rings. The molecule has 2 atom stereocenters. The topological polar surface area (TPSA) is 37.4 Å². The van der Waals surface area contributed by atoms with Gasteiger partial charge in [-0.2, -0.15) is 4.31 Å². The molecule has 1 saturated heterocycles. The molecule has 1 aliphatic heterocycles. The van der Waals surface area contributed by atoms with Gasteiger partial charge in [0.1, 0.15) is 0 Å². The third kappa shape index (κ3) is 4.01. The van der Waals surface area contributed by atoms with Crippen molar-refractivity contribution in [3.63, 3.8) is 0 Å². The highest BCUT2D eigenvalue weighted by atomic mass is 32.2. The van der Waals surface area contributed by atoms with E-state index in [-0.39, 0.29) is 6.04 Å². The molecule has 202 valence electrons. The number of sulfonamides is 1. The Labute approximate surface area is 242 Å². The van der Waals surface area contributed by atoms with Gasteiger partial charge in [0.25, 0.3) is 0 Å². The molecule has 4 heteroatoms. The molecule has 1 spiro atoms. The Morgan fingerprint density at radius 1 is 0.659 bits per heavy atom. The van der Waals surface area contributed by atoms with Crippen LogP contribution in [0.5, 0.6) is 0 Å². The lowest BCUT2D eigenvalue weighted by Crippen LogP contribution is -2.46. The van der Waals surface area contributed by atoms with Gasteiger partial charge in [0.2, 0.25) is 10.0 Å². The number of hydrogen-bond acceptors (Lipinski definition) is 2. The van der Waals surface area contributed by atoms with Crippen LogP contribution in [0.1, 0.15) is 52.3 Å². The third-order valence-electron chi connectivity index (χ3n) is 8.63. The molecule has 0 aromatic heterocycles. The fourth-order valence-electron chi connectivity index (χ4n) is 6.93. The van der Waals surface area contributed by atoms with Crippen LogP contribution in [0.3, 0.4) is 0 Å². The maximum Gasteiger partial charge on any atom is 0.244 e. The first kappa shape index (κ1) is 25.7. The Kier molecular flexibility index (Phi) is 6.26. The zero-order valence-electron chi connectivity index (χ0n) is 22.9. The summed E-state index contributed by atoms with van der Waals surface area (Å²) in [5, 5.41) is 0. The van der Waals surface area contributed by atoms with Gasteiger partial charge in [-0.15, -0.1) is 0 Å². The molecule has 1 unspecified atom stereocenters. The van der Waals surface area contributed by atoms with Gasteiger partial charge in [0.05, 0.1) is 16.5 Å². The normalized spacial score (nSPS) is 20.5. The number of hydrogen-bond donors (Lipinski definition) is 0. The quantitative estimate of drug-likeness (QED) is 0.219. The Bertz CT molecular complexity index is 1850. The van der Waals surface area contributed by atoms with Gasteiger partial charge in [-0.3, -0.25) is 0 Å². The molecule has 7 rings (SSSR count). The summed E-state index contributed by atoms with van der Waals surface area (Å²) in [6, 6.07) is 46.2. The summed E-state index contributed by atoms with van der Waals surface area (Å²) < 4.78 is 31.9. The predicted octanol–water partition coefficient (Wildman–Crippen LogP) is 8.39. The number of aryl methyl sites for hydroxylation is 1. The Balaban J connectivity index is 1.59. The molecule has 3 nitrogen and oxygen atoms in total. The van der Waals surface area contributed by atoms with Crippen LogP contribution < -0.4 is 0 Å². The van der Waals surface area contributed by atoms with E-state index in [1.807, 2.05) is 71.9 Å². The molecule has 1 heterocycles. The molecular formula is C37H31NO2S. The van der Waals surface area contributed by atoms with Gasteiger partial charge in [-0.05, 0) is 70.9 Å². The molecule has 0 N–H and O–H groups in total. The minimum absolute atomic E-state index is 0.315. The SMILES string of the molecule is Cc1ccc(S(=O)(=O)N2C(c3ccccc3)CC[C@@]23C(c2ccccc2)=C(c2ccccc2)c2ccccc23)cc1. The molecule has 0 saturated carbocycles. The van der Waals surface area contributed by atoms with E-state index in [0.717, 1.165) is 44.5 Å². The standard InChI is InChI=1S/C37H31NO2S/c1-27-21-23-31(24-22-27)41(39,40)38-34(28-13-5-2-6-14-28)25-26-37(38)33-20-12-11-19-32(33)35(29-15-7-3-8-16-29)36(37)30-17-9-4-10-18-30/h2-24,34H,25-26H2,1H3/t34?,37-/m1/s1. The lowest BCUT2D eigenvalue weighted by Gasteiger charge is -2.41. The summed E-state index contributed by atoms with van der Waals surface area (Å²) in [7, 11) is -3.93. The molecule has 0 amide bonds. The second-order valence-electron chi connectivity index (χ2n) is 11.0. The minimum atomic E-state index is -3.93. The van der Waals surface area contributed by atoms with E-state index >= 15 is 8.42 Å². The Hall–Kier alpha value is -4.25. The van der Waals surface area contributed by atoms with Crippen LogP contribution in [0.25, 0.3) is 11.1 Å². The Morgan fingerprint density at radius 3 is 1.88 bits per heavy atom. The largest absolute Gasteiger partial charge is 0.244 e. The summed E-state index contributed by atoms with van der Waals surface area (Å²) in [5.74, 6) is 0. The summed E-state index contributed by atoms with van der Waals surface area (Å²) in [5.41, 5.74) is 7.59. The number of nitrogens with zero attached hydrogens (tertiary/aromatic N) is 1. The predicted molar refractivity (Wildman–Crippen MR) is 166 cm³/mol. The van der Waals surface area contributed by atoms with Crippen molar-refractivity contribution in [3.8, 4) is 0 Å². The average Bonchev–Trinajstić information content (AvgIpc) is 3.56. The van der Waals surface area contributed by atoms with Gasteiger partial charge >= 0.3 is 0 Å². The van der Waals surface area contributed by atoms with Crippen LogP contribution in [0, 0.1) is 6.92 Å².